The van der Waals surface area contributed by atoms with Crippen molar-refractivity contribution in [2.24, 2.45) is 0 Å². The van der Waals surface area contributed by atoms with Crippen molar-refractivity contribution in [3.8, 4) is 5.75 Å². The molecule has 17 heavy (non-hydrogen) atoms. The van der Waals surface area contributed by atoms with Crippen LogP contribution in [0.25, 0.3) is 6.08 Å². The zero-order valence-corrected chi connectivity index (χ0v) is 8.88. The Morgan fingerprint density at radius 1 is 1.35 bits per heavy atom. The molecular formula is C11H9F3O3. The van der Waals surface area contributed by atoms with Gasteiger partial charge in [-0.2, -0.15) is 0 Å². The second-order valence-electron chi connectivity index (χ2n) is 3.03. The summed E-state index contributed by atoms with van der Waals surface area (Å²) >= 11 is 0. The van der Waals surface area contributed by atoms with Crippen LogP contribution in [0.3, 0.4) is 0 Å². The molecule has 0 aliphatic rings. The van der Waals surface area contributed by atoms with Gasteiger partial charge in [-0.15, -0.1) is 13.2 Å². The van der Waals surface area contributed by atoms with Crippen molar-refractivity contribution in [1.29, 1.82) is 0 Å². The summed E-state index contributed by atoms with van der Waals surface area (Å²) in [7, 11) is 1.13. The molecule has 0 spiro atoms. The molecule has 0 fully saturated rings. The molecule has 1 aromatic carbocycles. The Morgan fingerprint density at radius 2 is 2.00 bits per heavy atom. The molecule has 0 heterocycles. The zero-order chi connectivity index (χ0) is 13.1. The van der Waals surface area contributed by atoms with Crippen LogP contribution in [0.4, 0.5) is 13.2 Å². The molecule has 92 valence electrons. The van der Waals surface area contributed by atoms with Gasteiger partial charge < -0.3 is 9.47 Å². The molecule has 0 amide bonds. The molecule has 0 aliphatic carbocycles. The van der Waals surface area contributed by atoms with Gasteiger partial charge >= 0.3 is 12.3 Å². The standard InChI is InChI=1S/C11H9F3O3/c1-3-7-4-8(10(15)16-2)6-9(5-7)17-11(12,13)14/h3-6H,1H2,2H3. The number of esters is 1. The summed E-state index contributed by atoms with van der Waals surface area (Å²) in [5, 5.41) is 0. The van der Waals surface area contributed by atoms with E-state index in [9.17, 15) is 18.0 Å². The van der Waals surface area contributed by atoms with Crippen LogP contribution < -0.4 is 4.74 Å². The van der Waals surface area contributed by atoms with E-state index in [0.29, 0.717) is 5.56 Å². The van der Waals surface area contributed by atoms with Crippen LogP contribution in [0, 0.1) is 0 Å². The minimum absolute atomic E-state index is 0.0378. The highest BCUT2D eigenvalue weighted by Gasteiger charge is 2.31. The molecule has 3 nitrogen and oxygen atoms in total. The SMILES string of the molecule is C=Cc1cc(OC(F)(F)F)cc(C(=O)OC)c1. The third-order valence-electron chi connectivity index (χ3n) is 1.82. The number of hydrogen-bond acceptors (Lipinski definition) is 3. The number of benzene rings is 1. The van der Waals surface area contributed by atoms with Gasteiger partial charge in [0, 0.05) is 0 Å². The summed E-state index contributed by atoms with van der Waals surface area (Å²) in [5.41, 5.74) is 0.288. The van der Waals surface area contributed by atoms with E-state index in [1.54, 1.807) is 0 Å². The first kappa shape index (κ1) is 13.1. The lowest BCUT2D eigenvalue weighted by atomic mass is 10.1. The first-order valence-electron chi connectivity index (χ1n) is 4.47. The third-order valence-corrected chi connectivity index (χ3v) is 1.82. The lowest BCUT2D eigenvalue weighted by molar-refractivity contribution is -0.274. The van der Waals surface area contributed by atoms with Crippen molar-refractivity contribution in [1.82, 2.24) is 0 Å². The molecule has 0 unspecified atom stereocenters. The van der Waals surface area contributed by atoms with Crippen molar-refractivity contribution in [3.05, 3.63) is 35.9 Å². The summed E-state index contributed by atoms with van der Waals surface area (Å²) in [5.74, 6) is -1.24. The van der Waals surface area contributed by atoms with Crippen molar-refractivity contribution >= 4 is 12.0 Å². The predicted molar refractivity (Wildman–Crippen MR) is 54.6 cm³/mol. The van der Waals surface area contributed by atoms with Crippen LogP contribution in [0.5, 0.6) is 5.75 Å². The zero-order valence-electron chi connectivity index (χ0n) is 8.88. The Bertz CT molecular complexity index is 438. The van der Waals surface area contributed by atoms with E-state index < -0.39 is 18.1 Å². The van der Waals surface area contributed by atoms with Crippen molar-refractivity contribution < 1.29 is 27.4 Å². The van der Waals surface area contributed by atoms with E-state index in [1.165, 1.54) is 12.1 Å². The van der Waals surface area contributed by atoms with Crippen LogP contribution >= 0.6 is 0 Å². The Balaban J connectivity index is 3.14. The first-order chi connectivity index (χ1) is 7.85. The molecule has 0 radical (unpaired) electrons. The number of methoxy groups -OCH3 is 1. The maximum atomic E-state index is 12.0. The topological polar surface area (TPSA) is 35.5 Å². The van der Waals surface area contributed by atoms with E-state index in [-0.39, 0.29) is 5.56 Å². The van der Waals surface area contributed by atoms with E-state index in [1.807, 2.05) is 0 Å². The lowest BCUT2D eigenvalue weighted by Crippen LogP contribution is -2.17. The van der Waals surface area contributed by atoms with Crippen molar-refractivity contribution in [3.63, 3.8) is 0 Å². The van der Waals surface area contributed by atoms with Gasteiger partial charge in [-0.25, -0.2) is 4.79 Å². The van der Waals surface area contributed by atoms with E-state index in [4.69, 9.17) is 0 Å². The Hall–Kier alpha value is -1.98. The normalized spacial score (nSPS) is 10.8. The number of alkyl halides is 3. The van der Waals surface area contributed by atoms with E-state index in [0.717, 1.165) is 19.2 Å². The van der Waals surface area contributed by atoms with E-state index >= 15 is 0 Å². The number of ether oxygens (including phenoxy) is 2. The fraction of sp³-hybridized carbons (Fsp3) is 0.182. The van der Waals surface area contributed by atoms with Gasteiger partial charge in [0.1, 0.15) is 5.75 Å². The summed E-state index contributed by atoms with van der Waals surface area (Å²) < 4.78 is 44.2. The van der Waals surface area contributed by atoms with Gasteiger partial charge in [0.2, 0.25) is 0 Å². The minimum atomic E-state index is -4.81. The number of hydrogen-bond donors (Lipinski definition) is 0. The van der Waals surface area contributed by atoms with Gasteiger partial charge in [0.25, 0.3) is 0 Å². The summed E-state index contributed by atoms with van der Waals surface area (Å²) in [6, 6.07) is 3.42. The second kappa shape index (κ2) is 4.90. The fourth-order valence-electron chi connectivity index (χ4n) is 1.17. The number of carbonyl (C=O) groups is 1. The smallest absolute Gasteiger partial charge is 0.465 e. The molecule has 0 bridgehead atoms. The molecule has 1 rings (SSSR count). The van der Waals surface area contributed by atoms with Crippen LogP contribution in [0.2, 0.25) is 0 Å². The Morgan fingerprint density at radius 3 is 2.47 bits per heavy atom. The molecule has 0 atom stereocenters. The molecule has 6 heteroatoms. The predicted octanol–water partition coefficient (Wildman–Crippen LogP) is 3.01. The highest BCUT2D eigenvalue weighted by Crippen LogP contribution is 2.25. The highest BCUT2D eigenvalue weighted by atomic mass is 19.4. The average molecular weight is 246 g/mol. The molecule has 0 saturated heterocycles. The van der Waals surface area contributed by atoms with Crippen molar-refractivity contribution in [2.45, 2.75) is 6.36 Å². The maximum Gasteiger partial charge on any atom is 0.573 e. The van der Waals surface area contributed by atoms with E-state index in [2.05, 4.69) is 16.1 Å². The van der Waals surface area contributed by atoms with Gasteiger partial charge in [0.05, 0.1) is 12.7 Å². The summed E-state index contributed by atoms with van der Waals surface area (Å²) in [6.07, 6.45) is -3.51. The monoisotopic (exact) mass is 246 g/mol. The first-order valence-corrected chi connectivity index (χ1v) is 4.47. The molecule has 0 saturated carbocycles. The Kier molecular flexibility index (Phi) is 3.77. The maximum absolute atomic E-state index is 12.0. The largest absolute Gasteiger partial charge is 0.573 e. The van der Waals surface area contributed by atoms with Gasteiger partial charge in [-0.1, -0.05) is 12.7 Å². The highest BCUT2D eigenvalue weighted by molar-refractivity contribution is 5.90. The van der Waals surface area contributed by atoms with Crippen LogP contribution in [0.1, 0.15) is 15.9 Å². The molecule has 0 N–H and O–H groups in total. The molecule has 0 aliphatic heterocycles. The summed E-state index contributed by atoms with van der Waals surface area (Å²) in [6.45, 7) is 3.41. The average Bonchev–Trinajstić information content (AvgIpc) is 2.25. The Labute approximate surface area is 95.5 Å². The second-order valence-corrected chi connectivity index (χ2v) is 3.03. The van der Waals surface area contributed by atoms with Gasteiger partial charge in [-0.3, -0.25) is 0 Å². The molecule has 0 aromatic heterocycles. The fourth-order valence-corrected chi connectivity index (χ4v) is 1.17. The van der Waals surface area contributed by atoms with Crippen LogP contribution in [0.15, 0.2) is 24.8 Å². The number of rotatable bonds is 3. The van der Waals surface area contributed by atoms with Gasteiger partial charge in [-0.05, 0) is 23.8 Å². The molecule has 1 aromatic rings. The van der Waals surface area contributed by atoms with Crippen LogP contribution in [-0.2, 0) is 4.74 Å². The summed E-state index contributed by atoms with van der Waals surface area (Å²) in [4.78, 5) is 11.2. The number of carbonyl (C=O) groups excluding carboxylic acids is 1. The molecular weight excluding hydrogens is 237 g/mol. The lowest BCUT2D eigenvalue weighted by Gasteiger charge is -2.10. The third kappa shape index (κ3) is 3.82. The van der Waals surface area contributed by atoms with Crippen molar-refractivity contribution in [2.75, 3.05) is 7.11 Å². The minimum Gasteiger partial charge on any atom is -0.465 e. The number of halogens is 3. The van der Waals surface area contributed by atoms with Crippen LogP contribution in [-0.4, -0.2) is 19.4 Å². The quantitative estimate of drug-likeness (QED) is 0.769. The van der Waals surface area contributed by atoms with Gasteiger partial charge in [0.15, 0.2) is 0 Å².